The standard InChI is InChI=1S/C25H24ClF3N4O5/c1-3-38-23(36)19-14-32(18-9-7-17(8-10-18)30-11-12-31(2)15-34)24(37)33(22(19)35)13-16-5-4-6-20(21(16)26)25(27,28)29/h4-10,14-15,30H,3,11-13H2,1-2H3. The number of nitrogens with zero attached hydrogens (tertiary/aromatic N) is 3. The summed E-state index contributed by atoms with van der Waals surface area (Å²) >= 11 is 5.98. The van der Waals surface area contributed by atoms with E-state index >= 15 is 0 Å². The van der Waals surface area contributed by atoms with Crippen molar-refractivity contribution in [3.8, 4) is 5.69 Å². The van der Waals surface area contributed by atoms with Gasteiger partial charge >= 0.3 is 17.8 Å². The van der Waals surface area contributed by atoms with E-state index in [4.69, 9.17) is 16.3 Å². The summed E-state index contributed by atoms with van der Waals surface area (Å²) in [5.74, 6) is -0.993. The molecule has 0 aliphatic heterocycles. The van der Waals surface area contributed by atoms with Gasteiger partial charge in [0.15, 0.2) is 0 Å². The Morgan fingerprint density at radius 1 is 1.16 bits per heavy atom. The maximum Gasteiger partial charge on any atom is 0.417 e. The van der Waals surface area contributed by atoms with Gasteiger partial charge in [0.2, 0.25) is 6.41 Å². The summed E-state index contributed by atoms with van der Waals surface area (Å²) in [5, 5.41) is 2.45. The van der Waals surface area contributed by atoms with Gasteiger partial charge in [0, 0.05) is 32.0 Å². The summed E-state index contributed by atoms with van der Waals surface area (Å²) in [7, 11) is 1.63. The zero-order chi connectivity index (χ0) is 28.0. The van der Waals surface area contributed by atoms with Gasteiger partial charge in [-0.2, -0.15) is 13.2 Å². The van der Waals surface area contributed by atoms with Crippen molar-refractivity contribution in [2.24, 2.45) is 0 Å². The number of nitrogens with one attached hydrogen (secondary N) is 1. The molecule has 9 nitrogen and oxygen atoms in total. The van der Waals surface area contributed by atoms with E-state index in [0.29, 0.717) is 29.8 Å². The highest BCUT2D eigenvalue weighted by Crippen LogP contribution is 2.36. The van der Waals surface area contributed by atoms with E-state index in [0.717, 1.165) is 22.9 Å². The summed E-state index contributed by atoms with van der Waals surface area (Å²) in [4.78, 5) is 51.1. The molecule has 0 spiro atoms. The number of carbonyl (C=O) groups excluding carboxylic acids is 2. The Balaban J connectivity index is 2.07. The van der Waals surface area contributed by atoms with Crippen LogP contribution in [0.3, 0.4) is 0 Å². The second kappa shape index (κ2) is 12.0. The lowest BCUT2D eigenvalue weighted by atomic mass is 10.1. The van der Waals surface area contributed by atoms with Crippen LogP contribution in [0.25, 0.3) is 5.69 Å². The van der Waals surface area contributed by atoms with E-state index in [2.05, 4.69) is 5.32 Å². The molecule has 1 aromatic heterocycles. The van der Waals surface area contributed by atoms with Crippen molar-refractivity contribution >= 4 is 29.7 Å². The number of hydrogen-bond donors (Lipinski definition) is 1. The molecule has 0 aliphatic rings. The topological polar surface area (TPSA) is 103 Å². The number of halogens is 4. The third-order valence-corrected chi connectivity index (χ3v) is 5.94. The molecule has 1 amide bonds. The minimum Gasteiger partial charge on any atom is -0.462 e. The number of esters is 1. The number of rotatable bonds is 10. The third kappa shape index (κ3) is 6.43. The highest BCUT2D eigenvalue weighted by Gasteiger charge is 2.34. The molecular weight excluding hydrogens is 529 g/mol. The first-order valence-corrected chi connectivity index (χ1v) is 11.7. The molecular formula is C25H24ClF3N4O5. The van der Waals surface area contributed by atoms with E-state index in [1.165, 1.54) is 17.9 Å². The Bertz CT molecular complexity index is 1430. The van der Waals surface area contributed by atoms with Crippen LogP contribution in [0.4, 0.5) is 18.9 Å². The Hall–Kier alpha value is -4.06. The van der Waals surface area contributed by atoms with Crippen molar-refractivity contribution in [3.63, 3.8) is 0 Å². The molecule has 0 aliphatic carbocycles. The lowest BCUT2D eigenvalue weighted by Crippen LogP contribution is -2.42. The number of aromatic nitrogens is 2. The van der Waals surface area contributed by atoms with Gasteiger partial charge in [-0.25, -0.2) is 9.59 Å². The van der Waals surface area contributed by atoms with Crippen molar-refractivity contribution in [1.29, 1.82) is 0 Å². The second-order valence-electron chi connectivity index (χ2n) is 8.14. The zero-order valence-corrected chi connectivity index (χ0v) is 21.2. The Kier molecular flexibility index (Phi) is 9.00. The molecule has 0 saturated heterocycles. The number of ether oxygens (including phenoxy) is 1. The highest BCUT2D eigenvalue weighted by molar-refractivity contribution is 6.32. The first kappa shape index (κ1) is 28.5. The molecule has 3 aromatic rings. The van der Waals surface area contributed by atoms with Crippen LogP contribution in [0.5, 0.6) is 0 Å². The smallest absolute Gasteiger partial charge is 0.417 e. The van der Waals surface area contributed by atoms with Crippen LogP contribution in [0.2, 0.25) is 5.02 Å². The molecule has 3 rings (SSSR count). The molecule has 0 radical (unpaired) electrons. The minimum atomic E-state index is -4.75. The van der Waals surface area contributed by atoms with Gasteiger partial charge in [-0.05, 0) is 42.8 Å². The van der Waals surface area contributed by atoms with Gasteiger partial charge in [0.25, 0.3) is 5.56 Å². The largest absolute Gasteiger partial charge is 0.462 e. The molecule has 0 unspecified atom stereocenters. The SMILES string of the molecule is CCOC(=O)c1cn(-c2ccc(NCCN(C)C=O)cc2)c(=O)n(Cc2cccc(C(F)(F)F)c2Cl)c1=O. The predicted octanol–water partition coefficient (Wildman–Crippen LogP) is 3.40. The van der Waals surface area contributed by atoms with Crippen LogP contribution >= 0.6 is 11.6 Å². The fraction of sp³-hybridized carbons (Fsp3) is 0.280. The number of carbonyl (C=O) groups is 2. The minimum absolute atomic E-state index is 0.0451. The number of amides is 1. The van der Waals surface area contributed by atoms with Crippen LogP contribution in [0.15, 0.2) is 58.3 Å². The summed E-state index contributed by atoms with van der Waals surface area (Å²) in [6.07, 6.45) is -3.02. The van der Waals surface area contributed by atoms with E-state index in [9.17, 15) is 32.3 Å². The number of hydrogen-bond acceptors (Lipinski definition) is 6. The third-order valence-electron chi connectivity index (χ3n) is 5.50. The molecule has 1 N–H and O–H groups in total. The summed E-state index contributed by atoms with van der Waals surface area (Å²) < 4.78 is 46.6. The first-order valence-electron chi connectivity index (χ1n) is 11.4. The summed E-state index contributed by atoms with van der Waals surface area (Å²) in [6, 6.07) is 9.54. The zero-order valence-electron chi connectivity index (χ0n) is 20.4. The fourth-order valence-corrected chi connectivity index (χ4v) is 3.83. The van der Waals surface area contributed by atoms with Crippen molar-refractivity contribution in [1.82, 2.24) is 14.0 Å². The number of alkyl halides is 3. The van der Waals surface area contributed by atoms with Crippen LogP contribution in [-0.2, 0) is 22.3 Å². The maximum absolute atomic E-state index is 13.3. The van der Waals surface area contributed by atoms with Crippen LogP contribution in [0.1, 0.15) is 28.4 Å². The fourth-order valence-electron chi connectivity index (χ4n) is 3.54. The molecule has 13 heteroatoms. The quantitative estimate of drug-likeness (QED) is 0.305. The number of likely N-dealkylation sites (N-methyl/N-ethyl adjacent to an activating group) is 1. The molecule has 0 bridgehead atoms. The van der Waals surface area contributed by atoms with Gasteiger partial charge in [-0.1, -0.05) is 23.7 Å². The Morgan fingerprint density at radius 3 is 2.45 bits per heavy atom. The van der Waals surface area contributed by atoms with E-state index in [1.54, 1.807) is 31.3 Å². The van der Waals surface area contributed by atoms with Gasteiger partial charge in [-0.3, -0.25) is 18.7 Å². The Morgan fingerprint density at radius 2 is 1.84 bits per heavy atom. The molecule has 2 aromatic carbocycles. The average Bonchev–Trinajstić information content (AvgIpc) is 2.87. The maximum atomic E-state index is 13.3. The predicted molar refractivity (Wildman–Crippen MR) is 135 cm³/mol. The van der Waals surface area contributed by atoms with E-state index < -0.39 is 46.1 Å². The second-order valence-corrected chi connectivity index (χ2v) is 8.52. The van der Waals surface area contributed by atoms with Gasteiger partial charge < -0.3 is 15.0 Å². The monoisotopic (exact) mass is 552 g/mol. The van der Waals surface area contributed by atoms with E-state index in [-0.39, 0.29) is 17.9 Å². The first-order chi connectivity index (χ1) is 18.0. The molecule has 38 heavy (non-hydrogen) atoms. The number of anilines is 1. The van der Waals surface area contributed by atoms with Crippen LogP contribution in [-0.4, -0.2) is 53.2 Å². The normalized spacial score (nSPS) is 11.2. The average molecular weight is 553 g/mol. The van der Waals surface area contributed by atoms with Crippen molar-refractivity contribution in [2.45, 2.75) is 19.6 Å². The van der Waals surface area contributed by atoms with Crippen LogP contribution < -0.4 is 16.6 Å². The molecule has 0 atom stereocenters. The molecule has 0 saturated carbocycles. The highest BCUT2D eigenvalue weighted by atomic mass is 35.5. The molecule has 1 heterocycles. The van der Waals surface area contributed by atoms with Crippen molar-refractivity contribution in [2.75, 3.05) is 32.1 Å². The lowest BCUT2D eigenvalue weighted by molar-refractivity contribution is -0.137. The summed E-state index contributed by atoms with van der Waals surface area (Å²) in [6.45, 7) is 1.79. The van der Waals surface area contributed by atoms with Gasteiger partial charge in [0.1, 0.15) is 5.56 Å². The number of benzene rings is 2. The van der Waals surface area contributed by atoms with Gasteiger partial charge in [-0.15, -0.1) is 0 Å². The van der Waals surface area contributed by atoms with Gasteiger partial charge in [0.05, 0.1) is 29.4 Å². The van der Waals surface area contributed by atoms with Crippen molar-refractivity contribution < 1.29 is 27.5 Å². The van der Waals surface area contributed by atoms with Crippen molar-refractivity contribution in [3.05, 3.63) is 91.2 Å². The van der Waals surface area contributed by atoms with E-state index in [1.807, 2.05) is 0 Å². The summed E-state index contributed by atoms with van der Waals surface area (Å²) in [5.41, 5.74) is -2.70. The molecule has 0 fully saturated rings. The molecule has 202 valence electrons. The lowest BCUT2D eigenvalue weighted by Gasteiger charge is -2.16. The Labute approximate surface area is 220 Å². The van der Waals surface area contributed by atoms with Crippen LogP contribution in [0, 0.1) is 0 Å².